The van der Waals surface area contributed by atoms with Crippen LogP contribution in [-0.2, 0) is 14.3 Å². The number of nitrogens with one attached hydrogen (secondary N) is 1. The van der Waals surface area contributed by atoms with Crippen molar-refractivity contribution in [3.63, 3.8) is 0 Å². The van der Waals surface area contributed by atoms with Crippen LogP contribution in [0.25, 0.3) is 6.08 Å². The summed E-state index contributed by atoms with van der Waals surface area (Å²) in [6.45, 7) is 5.50. The average molecular weight is 562 g/mol. The summed E-state index contributed by atoms with van der Waals surface area (Å²) in [6, 6.07) is 27.2. The first-order chi connectivity index (χ1) is 19.7. The van der Waals surface area contributed by atoms with Crippen LogP contribution in [0, 0.1) is 28.1 Å². The van der Waals surface area contributed by atoms with Crippen LogP contribution in [0.3, 0.4) is 0 Å². The molecule has 0 aromatic heterocycles. The zero-order valence-electron chi connectivity index (χ0n) is 23.3. The third-order valence-corrected chi connectivity index (χ3v) is 8.83. The third kappa shape index (κ3) is 5.57. The van der Waals surface area contributed by atoms with Gasteiger partial charge in [-0.2, -0.15) is 22.3 Å². The fourth-order valence-electron chi connectivity index (χ4n) is 5.93. The molecule has 4 unspecified atom stereocenters. The Balaban J connectivity index is 1.69. The van der Waals surface area contributed by atoms with Crippen molar-refractivity contribution in [1.29, 1.82) is 10.5 Å². The molecule has 206 valence electrons. The summed E-state index contributed by atoms with van der Waals surface area (Å²) in [7, 11) is 0. The molecule has 0 amide bonds. The smallest absolute Gasteiger partial charge is 0.324 e. The number of nitrogens with zero attached hydrogens (tertiary/aromatic N) is 2. The maximum absolute atomic E-state index is 14.8. The second-order valence-electron chi connectivity index (χ2n) is 11.5. The van der Waals surface area contributed by atoms with E-state index in [1.165, 1.54) is 0 Å². The first kappa shape index (κ1) is 28.4. The van der Waals surface area contributed by atoms with Crippen molar-refractivity contribution in [2.45, 2.75) is 44.4 Å². The Morgan fingerprint density at radius 3 is 2.15 bits per heavy atom. The van der Waals surface area contributed by atoms with Crippen molar-refractivity contribution in [3.05, 3.63) is 112 Å². The molecule has 1 spiro atoms. The van der Waals surface area contributed by atoms with Crippen LogP contribution in [0.5, 0.6) is 0 Å². The Hall–Kier alpha value is -4.17. The van der Waals surface area contributed by atoms with Gasteiger partial charge < -0.3 is 4.74 Å². The van der Waals surface area contributed by atoms with Gasteiger partial charge in [0.15, 0.2) is 5.78 Å². The first-order valence-electron chi connectivity index (χ1n) is 13.5. The number of benzene rings is 3. The highest BCUT2D eigenvalue weighted by Gasteiger charge is 2.63. The van der Waals surface area contributed by atoms with E-state index in [-0.39, 0.29) is 5.78 Å². The van der Waals surface area contributed by atoms with Crippen LogP contribution in [0.4, 0.5) is 0 Å². The summed E-state index contributed by atoms with van der Waals surface area (Å²) in [6.07, 6.45) is 1.90. The normalized spacial score (nSPS) is 25.0. The van der Waals surface area contributed by atoms with Gasteiger partial charge in [-0.15, -0.1) is 0 Å². The zero-order valence-corrected chi connectivity index (χ0v) is 24.1. The molecule has 0 aliphatic carbocycles. The molecule has 2 fully saturated rings. The van der Waals surface area contributed by atoms with Crippen molar-refractivity contribution >= 4 is 29.6 Å². The number of esters is 1. The fourth-order valence-corrected chi connectivity index (χ4v) is 7.28. The third-order valence-electron chi connectivity index (χ3n) is 7.64. The summed E-state index contributed by atoms with van der Waals surface area (Å²) in [5.41, 5.74) is 2.58. The number of ether oxygens (including phenoxy) is 1. The van der Waals surface area contributed by atoms with E-state index in [0.717, 1.165) is 16.7 Å². The quantitative estimate of drug-likeness (QED) is 0.310. The molecule has 3 aromatic carbocycles. The van der Waals surface area contributed by atoms with Gasteiger partial charge in [0.2, 0.25) is 0 Å². The molecule has 41 heavy (non-hydrogen) atoms. The monoisotopic (exact) mass is 561 g/mol. The van der Waals surface area contributed by atoms with Gasteiger partial charge >= 0.3 is 5.97 Å². The number of hydrogen-bond acceptors (Lipinski definition) is 7. The minimum absolute atomic E-state index is 0.0117. The van der Waals surface area contributed by atoms with E-state index in [1.807, 2.05) is 81.4 Å². The highest BCUT2D eigenvalue weighted by molar-refractivity contribution is 7.99. The van der Waals surface area contributed by atoms with Gasteiger partial charge in [-0.3, -0.25) is 14.9 Å². The standard InChI is InChI=1S/C34H31N3O3S/c1-33(2,3)40-32(39)29-28(25-15-13-24(19-36)14-16-25)34(30(37-29)26-7-5-4-6-8-26)21-41-20-27(31(34)38)17-22-9-11-23(18-35)12-10-22/h4-17,28-30,37H,20-21H2,1-3H3/b27-17+. The van der Waals surface area contributed by atoms with Crippen LogP contribution >= 0.6 is 11.8 Å². The van der Waals surface area contributed by atoms with E-state index >= 15 is 0 Å². The number of carbonyl (C=O) groups is 2. The second kappa shape index (κ2) is 11.4. The maximum atomic E-state index is 14.8. The number of thioether (sulfide) groups is 1. The number of ketones is 1. The molecular formula is C34H31N3O3S. The molecule has 4 atom stereocenters. The molecule has 5 rings (SSSR count). The SMILES string of the molecule is CC(C)(C)OC(=O)C1NC(c2ccccc2)C2(CSC/C(=C\c3ccc(C#N)cc3)C2=O)C1c1ccc(C#N)cc1. The summed E-state index contributed by atoms with van der Waals surface area (Å²) in [5.74, 6) is 0.0832. The maximum Gasteiger partial charge on any atom is 0.324 e. The minimum Gasteiger partial charge on any atom is -0.459 e. The highest BCUT2D eigenvalue weighted by atomic mass is 32.2. The van der Waals surface area contributed by atoms with Gasteiger partial charge in [0.25, 0.3) is 0 Å². The van der Waals surface area contributed by atoms with Crippen LogP contribution < -0.4 is 5.32 Å². The van der Waals surface area contributed by atoms with Crippen molar-refractivity contribution in [3.8, 4) is 12.1 Å². The van der Waals surface area contributed by atoms with Gasteiger partial charge in [0.1, 0.15) is 11.6 Å². The summed E-state index contributed by atoms with van der Waals surface area (Å²) in [5, 5.41) is 22.2. The molecule has 0 saturated carbocycles. The number of Topliss-reactive ketones (excluding diaryl/α,β-unsaturated/α-hetero) is 1. The molecule has 0 radical (unpaired) electrons. The largest absolute Gasteiger partial charge is 0.459 e. The second-order valence-corrected chi connectivity index (χ2v) is 12.5. The molecule has 2 heterocycles. The molecular weight excluding hydrogens is 530 g/mol. The van der Waals surface area contributed by atoms with Gasteiger partial charge in [-0.05, 0) is 67.8 Å². The van der Waals surface area contributed by atoms with E-state index in [9.17, 15) is 20.1 Å². The molecule has 1 N–H and O–H groups in total. The minimum atomic E-state index is -1.00. The average Bonchev–Trinajstić information content (AvgIpc) is 3.31. The van der Waals surface area contributed by atoms with Gasteiger partial charge in [0.05, 0.1) is 28.7 Å². The Labute approximate surface area is 245 Å². The summed E-state index contributed by atoms with van der Waals surface area (Å²) >= 11 is 1.68. The van der Waals surface area contributed by atoms with E-state index in [1.54, 1.807) is 36.0 Å². The Morgan fingerprint density at radius 2 is 1.56 bits per heavy atom. The fraction of sp³-hybridized carbons (Fsp3) is 0.294. The van der Waals surface area contributed by atoms with E-state index in [0.29, 0.717) is 28.2 Å². The van der Waals surface area contributed by atoms with Gasteiger partial charge in [-0.1, -0.05) is 54.6 Å². The number of nitriles is 2. The van der Waals surface area contributed by atoms with E-state index < -0.39 is 35.0 Å². The molecule has 3 aromatic rings. The predicted octanol–water partition coefficient (Wildman–Crippen LogP) is 5.95. The molecule has 0 bridgehead atoms. The van der Waals surface area contributed by atoms with E-state index in [2.05, 4.69) is 17.5 Å². The Morgan fingerprint density at radius 1 is 0.951 bits per heavy atom. The molecule has 2 aliphatic rings. The lowest BCUT2D eigenvalue weighted by Crippen LogP contribution is -2.47. The molecule has 6 nitrogen and oxygen atoms in total. The lowest BCUT2D eigenvalue weighted by atomic mass is 9.64. The van der Waals surface area contributed by atoms with Crippen LogP contribution in [0.15, 0.2) is 84.4 Å². The molecule has 7 heteroatoms. The number of rotatable bonds is 4. The van der Waals surface area contributed by atoms with Crippen LogP contribution in [-0.4, -0.2) is 34.9 Å². The molecule has 2 saturated heterocycles. The van der Waals surface area contributed by atoms with Crippen molar-refractivity contribution < 1.29 is 14.3 Å². The first-order valence-corrected chi connectivity index (χ1v) is 14.7. The van der Waals surface area contributed by atoms with Crippen molar-refractivity contribution in [2.75, 3.05) is 11.5 Å². The number of hydrogen-bond donors (Lipinski definition) is 1. The topological polar surface area (TPSA) is 103 Å². The Kier molecular flexibility index (Phi) is 7.87. The lowest BCUT2D eigenvalue weighted by Gasteiger charge is -2.42. The summed E-state index contributed by atoms with van der Waals surface area (Å²) in [4.78, 5) is 28.7. The molecule has 2 aliphatic heterocycles. The predicted molar refractivity (Wildman–Crippen MR) is 160 cm³/mol. The zero-order chi connectivity index (χ0) is 29.2. The van der Waals surface area contributed by atoms with Crippen LogP contribution in [0.2, 0.25) is 0 Å². The van der Waals surface area contributed by atoms with Crippen molar-refractivity contribution in [1.82, 2.24) is 5.32 Å². The van der Waals surface area contributed by atoms with Gasteiger partial charge in [0, 0.05) is 29.0 Å². The highest BCUT2D eigenvalue weighted by Crippen LogP contribution is 2.58. The van der Waals surface area contributed by atoms with Gasteiger partial charge in [-0.25, -0.2) is 0 Å². The van der Waals surface area contributed by atoms with E-state index in [4.69, 9.17) is 4.74 Å². The van der Waals surface area contributed by atoms with Crippen molar-refractivity contribution in [2.24, 2.45) is 5.41 Å². The number of carbonyl (C=O) groups excluding carboxylic acids is 2. The summed E-state index contributed by atoms with van der Waals surface area (Å²) < 4.78 is 5.90. The lowest BCUT2D eigenvalue weighted by molar-refractivity contribution is -0.157. The Bertz CT molecular complexity index is 1560. The van der Waals surface area contributed by atoms with Crippen LogP contribution in [0.1, 0.15) is 60.5 Å².